The summed E-state index contributed by atoms with van der Waals surface area (Å²) in [4.78, 5) is 28.8. The molecular formula is C23H16ClN3O2S. The molecule has 1 aliphatic heterocycles. The van der Waals surface area contributed by atoms with Gasteiger partial charge in [0.2, 0.25) is 5.91 Å². The molecule has 7 heteroatoms. The number of allylic oxidation sites excluding steroid dienone is 1. The zero-order chi connectivity index (χ0) is 21.3. The number of halogens is 1. The molecule has 30 heavy (non-hydrogen) atoms. The van der Waals surface area contributed by atoms with Gasteiger partial charge in [0.15, 0.2) is 5.78 Å². The highest BCUT2D eigenvalue weighted by atomic mass is 35.5. The van der Waals surface area contributed by atoms with Gasteiger partial charge in [-0.15, -0.1) is 11.3 Å². The molecule has 5 nitrogen and oxygen atoms in total. The van der Waals surface area contributed by atoms with E-state index in [1.807, 2.05) is 18.2 Å². The molecule has 2 heterocycles. The largest absolute Gasteiger partial charge is 0.384 e. The van der Waals surface area contributed by atoms with Crippen LogP contribution in [0, 0.1) is 17.2 Å². The Morgan fingerprint density at radius 3 is 2.37 bits per heavy atom. The maximum absolute atomic E-state index is 13.7. The predicted molar refractivity (Wildman–Crippen MR) is 117 cm³/mol. The molecule has 0 bridgehead atoms. The molecule has 0 aliphatic carbocycles. The van der Waals surface area contributed by atoms with Gasteiger partial charge in [-0.05, 0) is 41.3 Å². The van der Waals surface area contributed by atoms with Crippen molar-refractivity contribution in [3.8, 4) is 6.07 Å². The summed E-state index contributed by atoms with van der Waals surface area (Å²) < 4.78 is 0. The minimum Gasteiger partial charge on any atom is -0.384 e. The highest BCUT2D eigenvalue weighted by Crippen LogP contribution is 2.42. The van der Waals surface area contributed by atoms with Crippen LogP contribution in [0.5, 0.6) is 0 Å². The van der Waals surface area contributed by atoms with E-state index in [1.165, 1.54) is 16.2 Å². The van der Waals surface area contributed by atoms with E-state index in [0.717, 1.165) is 0 Å². The summed E-state index contributed by atoms with van der Waals surface area (Å²) in [5.41, 5.74) is 7.65. The van der Waals surface area contributed by atoms with Gasteiger partial charge >= 0.3 is 0 Å². The molecule has 3 aromatic rings. The van der Waals surface area contributed by atoms with Crippen LogP contribution in [-0.4, -0.2) is 11.7 Å². The van der Waals surface area contributed by atoms with Crippen molar-refractivity contribution in [1.29, 1.82) is 5.26 Å². The molecule has 2 aromatic carbocycles. The third-order valence-electron chi connectivity index (χ3n) is 5.06. The lowest BCUT2D eigenvalue weighted by molar-refractivity contribution is -0.121. The predicted octanol–water partition coefficient (Wildman–Crippen LogP) is 4.72. The molecule has 1 aliphatic rings. The molecule has 2 atom stereocenters. The fourth-order valence-corrected chi connectivity index (χ4v) is 4.52. The number of carbonyl (C=O) groups is 2. The number of ketones is 1. The Bertz CT molecular complexity index is 1170. The fraction of sp³-hybridized carbons (Fsp3) is 0.0870. The number of carbonyl (C=O) groups excluding carboxylic acids is 2. The summed E-state index contributed by atoms with van der Waals surface area (Å²) >= 11 is 7.24. The minimum atomic E-state index is -1.11. The van der Waals surface area contributed by atoms with Crippen LogP contribution in [-0.2, 0) is 4.79 Å². The summed E-state index contributed by atoms with van der Waals surface area (Å²) in [6.07, 6.45) is 0. The smallest absolute Gasteiger partial charge is 0.244 e. The third-order valence-corrected chi connectivity index (χ3v) is 6.19. The monoisotopic (exact) mass is 433 g/mol. The number of rotatable bonds is 4. The molecule has 148 valence electrons. The molecule has 0 saturated carbocycles. The number of thiophene rings is 1. The van der Waals surface area contributed by atoms with Crippen molar-refractivity contribution in [2.45, 2.75) is 5.92 Å². The zero-order valence-electron chi connectivity index (χ0n) is 15.7. The highest BCUT2D eigenvalue weighted by Gasteiger charge is 2.47. The van der Waals surface area contributed by atoms with E-state index in [2.05, 4.69) is 6.07 Å². The number of nitrogens with two attached hydrogens (primary N) is 1. The molecule has 2 unspecified atom stereocenters. The van der Waals surface area contributed by atoms with Gasteiger partial charge in [-0.25, -0.2) is 0 Å². The quantitative estimate of drug-likeness (QED) is 0.476. The lowest BCUT2D eigenvalue weighted by atomic mass is 9.75. The number of Topliss-reactive ketones (excluding diaryl/α,β-unsaturated/α-hetero) is 1. The van der Waals surface area contributed by atoms with E-state index in [1.54, 1.807) is 53.9 Å². The number of hydrogen-bond donors (Lipinski definition) is 1. The van der Waals surface area contributed by atoms with Crippen molar-refractivity contribution in [3.63, 3.8) is 0 Å². The van der Waals surface area contributed by atoms with Crippen molar-refractivity contribution in [2.24, 2.45) is 11.7 Å². The van der Waals surface area contributed by atoms with Crippen LogP contribution >= 0.6 is 22.9 Å². The molecule has 0 saturated heterocycles. The SMILES string of the molecule is N#CC1=C(N)N(c2ccc(Cl)cc2)C(=O)C(C(=O)c2cccs2)C1c1ccccc1. The molecule has 4 rings (SSSR count). The zero-order valence-corrected chi connectivity index (χ0v) is 17.2. The molecule has 0 radical (unpaired) electrons. The number of hydrogen-bond acceptors (Lipinski definition) is 5. The average molecular weight is 434 g/mol. The highest BCUT2D eigenvalue weighted by molar-refractivity contribution is 7.12. The Morgan fingerprint density at radius 2 is 1.77 bits per heavy atom. The normalized spacial score (nSPS) is 18.9. The van der Waals surface area contributed by atoms with Crippen molar-refractivity contribution in [1.82, 2.24) is 0 Å². The Kier molecular flexibility index (Phi) is 5.40. The number of anilines is 1. The van der Waals surface area contributed by atoms with E-state index in [-0.39, 0.29) is 17.2 Å². The van der Waals surface area contributed by atoms with Crippen molar-refractivity contribution in [3.05, 3.63) is 99.0 Å². The van der Waals surface area contributed by atoms with E-state index >= 15 is 0 Å². The summed E-state index contributed by atoms with van der Waals surface area (Å²) in [5, 5.41) is 12.2. The van der Waals surface area contributed by atoms with Gasteiger partial charge in [0.25, 0.3) is 0 Å². The summed E-state index contributed by atoms with van der Waals surface area (Å²) in [7, 11) is 0. The van der Waals surface area contributed by atoms with Crippen LogP contribution in [0.4, 0.5) is 5.69 Å². The molecule has 0 spiro atoms. The van der Waals surface area contributed by atoms with Gasteiger partial charge < -0.3 is 5.73 Å². The second-order valence-electron chi connectivity index (χ2n) is 6.77. The Hall–Kier alpha value is -3.40. The van der Waals surface area contributed by atoms with Crippen LogP contribution in [0.3, 0.4) is 0 Å². The van der Waals surface area contributed by atoms with Crippen LogP contribution < -0.4 is 10.6 Å². The first kappa shape index (κ1) is 19.9. The fourth-order valence-electron chi connectivity index (χ4n) is 3.69. The summed E-state index contributed by atoms with van der Waals surface area (Å²) in [6, 6.07) is 21.2. The van der Waals surface area contributed by atoms with E-state index in [9.17, 15) is 14.9 Å². The lowest BCUT2D eigenvalue weighted by Gasteiger charge is -2.37. The molecular weight excluding hydrogens is 418 g/mol. The van der Waals surface area contributed by atoms with Gasteiger partial charge in [0, 0.05) is 10.9 Å². The van der Waals surface area contributed by atoms with Gasteiger partial charge in [-0.1, -0.05) is 48.0 Å². The first-order chi connectivity index (χ1) is 14.5. The van der Waals surface area contributed by atoms with Gasteiger partial charge in [-0.2, -0.15) is 5.26 Å². The van der Waals surface area contributed by atoms with Crippen molar-refractivity contribution >= 4 is 40.3 Å². The first-order valence-electron chi connectivity index (χ1n) is 9.15. The van der Waals surface area contributed by atoms with Gasteiger partial charge in [0.1, 0.15) is 11.7 Å². The number of benzene rings is 2. The van der Waals surface area contributed by atoms with Crippen LogP contribution in [0.15, 0.2) is 83.5 Å². The van der Waals surface area contributed by atoms with E-state index < -0.39 is 17.7 Å². The maximum atomic E-state index is 13.7. The standard InChI is InChI=1S/C23H16ClN3O2S/c24-15-8-10-16(11-9-15)27-22(26)17(13-25)19(14-5-2-1-3-6-14)20(23(27)29)21(28)18-7-4-12-30-18/h1-12,19-20H,26H2. The average Bonchev–Trinajstić information content (AvgIpc) is 3.30. The Balaban J connectivity index is 1.93. The molecule has 0 fully saturated rings. The topological polar surface area (TPSA) is 87.2 Å². The van der Waals surface area contributed by atoms with Gasteiger partial charge in [-0.3, -0.25) is 14.5 Å². The molecule has 1 amide bonds. The second-order valence-corrected chi connectivity index (χ2v) is 8.15. The van der Waals surface area contributed by atoms with Crippen molar-refractivity contribution < 1.29 is 9.59 Å². The van der Waals surface area contributed by atoms with E-state index in [0.29, 0.717) is 21.2 Å². The summed E-state index contributed by atoms with van der Waals surface area (Å²) in [5.74, 6) is -2.65. The molecule has 1 aromatic heterocycles. The molecule has 2 N–H and O–H groups in total. The van der Waals surface area contributed by atoms with E-state index in [4.69, 9.17) is 17.3 Å². The summed E-state index contributed by atoms with van der Waals surface area (Å²) in [6.45, 7) is 0. The minimum absolute atomic E-state index is 0.0221. The van der Waals surface area contributed by atoms with Gasteiger partial charge in [0.05, 0.1) is 22.2 Å². The maximum Gasteiger partial charge on any atom is 0.244 e. The van der Waals surface area contributed by atoms with Crippen LogP contribution in [0.1, 0.15) is 21.2 Å². The Labute approximate surface area is 182 Å². The second kappa shape index (κ2) is 8.15. The lowest BCUT2D eigenvalue weighted by Crippen LogP contribution is -2.49. The number of nitrogens with zero attached hydrogens (tertiary/aromatic N) is 2. The number of nitriles is 1. The first-order valence-corrected chi connectivity index (χ1v) is 10.4. The van der Waals surface area contributed by atoms with Crippen LogP contribution in [0.25, 0.3) is 0 Å². The Morgan fingerprint density at radius 1 is 1.07 bits per heavy atom. The third kappa shape index (κ3) is 3.39. The number of amides is 1. The van der Waals surface area contributed by atoms with Crippen molar-refractivity contribution in [2.75, 3.05) is 4.90 Å². The van der Waals surface area contributed by atoms with Crippen LogP contribution in [0.2, 0.25) is 5.02 Å².